The number of nitrogens with one attached hydrogen (secondary N) is 2. The number of aromatic nitrogens is 2. The monoisotopic (exact) mass is 418 g/mol. The molecule has 7 heteroatoms. The summed E-state index contributed by atoms with van der Waals surface area (Å²) >= 11 is 0. The smallest absolute Gasteiger partial charge is 0.256 e. The quantitative estimate of drug-likeness (QED) is 0.610. The molecule has 0 aliphatic carbocycles. The minimum Gasteiger partial charge on any atom is -0.368 e. The predicted molar refractivity (Wildman–Crippen MR) is 119 cm³/mol. The van der Waals surface area contributed by atoms with Gasteiger partial charge in [-0.2, -0.15) is 5.10 Å². The molecule has 4 rings (SSSR count). The van der Waals surface area contributed by atoms with Crippen molar-refractivity contribution in [1.82, 2.24) is 9.78 Å². The number of nitrogens with zero attached hydrogens (tertiary/aromatic N) is 2. The highest BCUT2D eigenvalue weighted by Crippen LogP contribution is 2.18. The van der Waals surface area contributed by atoms with Crippen LogP contribution in [0.25, 0.3) is 0 Å². The molecule has 2 aromatic carbocycles. The number of carbonyl (C=O) groups is 2. The second-order valence-electron chi connectivity index (χ2n) is 7.57. The Morgan fingerprint density at radius 2 is 1.90 bits per heavy atom. The zero-order valence-electron chi connectivity index (χ0n) is 17.5. The molecule has 1 fully saturated rings. The maximum atomic E-state index is 12.8. The highest BCUT2D eigenvalue weighted by atomic mass is 16.5. The Hall–Kier alpha value is -3.45. The van der Waals surface area contributed by atoms with Crippen molar-refractivity contribution in [2.45, 2.75) is 38.8 Å². The molecule has 0 bridgehead atoms. The van der Waals surface area contributed by atoms with Crippen LogP contribution >= 0.6 is 0 Å². The molecular formula is C24H26N4O3. The van der Waals surface area contributed by atoms with Crippen LogP contribution in [0.2, 0.25) is 0 Å². The summed E-state index contributed by atoms with van der Waals surface area (Å²) in [6.07, 6.45) is 3.84. The fourth-order valence-corrected chi connectivity index (χ4v) is 3.55. The molecular weight excluding hydrogens is 392 g/mol. The summed E-state index contributed by atoms with van der Waals surface area (Å²) in [6, 6.07) is 17.0. The van der Waals surface area contributed by atoms with Crippen molar-refractivity contribution in [3.63, 3.8) is 0 Å². The number of carbonyl (C=O) groups excluding carboxylic acids is 2. The number of ether oxygens (including phenoxy) is 1. The van der Waals surface area contributed by atoms with Crippen molar-refractivity contribution >= 4 is 23.3 Å². The molecule has 1 atom stereocenters. The van der Waals surface area contributed by atoms with E-state index in [9.17, 15) is 9.59 Å². The lowest BCUT2D eigenvalue weighted by atomic mass is 10.1. The molecule has 0 saturated carbocycles. The molecule has 1 unspecified atom stereocenters. The third-order valence-corrected chi connectivity index (χ3v) is 5.34. The summed E-state index contributed by atoms with van der Waals surface area (Å²) in [7, 11) is 0. The van der Waals surface area contributed by atoms with Crippen LogP contribution in [-0.4, -0.2) is 34.3 Å². The Morgan fingerprint density at radius 3 is 2.65 bits per heavy atom. The van der Waals surface area contributed by atoms with Crippen molar-refractivity contribution in [2.24, 2.45) is 0 Å². The first-order valence-electron chi connectivity index (χ1n) is 10.6. The van der Waals surface area contributed by atoms with Crippen molar-refractivity contribution < 1.29 is 14.3 Å². The van der Waals surface area contributed by atoms with Crippen LogP contribution in [0.3, 0.4) is 0 Å². The molecule has 2 heterocycles. The zero-order valence-corrected chi connectivity index (χ0v) is 17.5. The van der Waals surface area contributed by atoms with E-state index >= 15 is 0 Å². The summed E-state index contributed by atoms with van der Waals surface area (Å²) in [5.74, 6) is 0.164. The van der Waals surface area contributed by atoms with Gasteiger partial charge in [-0.3, -0.25) is 9.59 Å². The van der Waals surface area contributed by atoms with Crippen LogP contribution in [0.1, 0.15) is 41.3 Å². The van der Waals surface area contributed by atoms with Crippen LogP contribution in [0.5, 0.6) is 0 Å². The van der Waals surface area contributed by atoms with E-state index in [4.69, 9.17) is 4.74 Å². The second-order valence-corrected chi connectivity index (χ2v) is 7.57. The van der Waals surface area contributed by atoms with Gasteiger partial charge in [0.15, 0.2) is 0 Å². The number of benzene rings is 2. The largest absolute Gasteiger partial charge is 0.368 e. The number of rotatable bonds is 7. The molecule has 7 nitrogen and oxygen atoms in total. The van der Waals surface area contributed by atoms with E-state index in [0.29, 0.717) is 30.2 Å². The maximum Gasteiger partial charge on any atom is 0.256 e. The summed E-state index contributed by atoms with van der Waals surface area (Å²) < 4.78 is 7.16. The predicted octanol–water partition coefficient (Wildman–Crippen LogP) is 3.86. The molecule has 1 aromatic heterocycles. The molecule has 1 saturated heterocycles. The number of amides is 2. The Morgan fingerprint density at radius 1 is 1.10 bits per heavy atom. The van der Waals surface area contributed by atoms with Gasteiger partial charge in [0.1, 0.15) is 11.9 Å². The van der Waals surface area contributed by atoms with E-state index in [1.165, 1.54) is 5.56 Å². The number of hydrogen-bond donors (Lipinski definition) is 2. The molecule has 3 aromatic rings. The first-order chi connectivity index (χ1) is 15.1. The number of hydrogen-bond acceptors (Lipinski definition) is 4. The molecule has 1 aliphatic rings. The third-order valence-electron chi connectivity index (χ3n) is 5.34. The number of aryl methyl sites for hydroxylation is 1. The van der Waals surface area contributed by atoms with Crippen molar-refractivity contribution in [2.75, 3.05) is 17.2 Å². The molecule has 0 radical (unpaired) electrons. The Balaban J connectivity index is 1.41. The van der Waals surface area contributed by atoms with Gasteiger partial charge in [0.05, 0.1) is 12.7 Å². The van der Waals surface area contributed by atoms with E-state index in [1.54, 1.807) is 41.2 Å². The third kappa shape index (κ3) is 5.19. The standard InChI is InChI=1S/C24H26N4O3/c1-2-17-8-10-18(11-9-17)16-28-22(12-13-25-28)27-23(29)19-5-3-6-20(15-19)26-24(30)21-7-4-14-31-21/h3,5-6,8-13,15,21H,2,4,7,14,16H2,1H3,(H,26,30)(H,27,29). The van der Waals surface area contributed by atoms with E-state index in [0.717, 1.165) is 24.8 Å². The fraction of sp³-hybridized carbons (Fsp3) is 0.292. The minimum atomic E-state index is -0.418. The highest BCUT2D eigenvalue weighted by Gasteiger charge is 2.23. The Bertz CT molecular complexity index is 1050. The fourth-order valence-electron chi connectivity index (χ4n) is 3.55. The van der Waals surface area contributed by atoms with Crippen LogP contribution in [0, 0.1) is 0 Å². The molecule has 1 aliphatic heterocycles. The van der Waals surface area contributed by atoms with E-state index in [2.05, 4.69) is 46.9 Å². The van der Waals surface area contributed by atoms with Crippen LogP contribution in [-0.2, 0) is 22.5 Å². The van der Waals surface area contributed by atoms with Gasteiger partial charge in [-0.05, 0) is 48.6 Å². The van der Waals surface area contributed by atoms with Crippen LogP contribution in [0.15, 0.2) is 60.8 Å². The highest BCUT2D eigenvalue weighted by molar-refractivity contribution is 6.05. The lowest BCUT2D eigenvalue weighted by Crippen LogP contribution is -2.27. The Labute approximate surface area is 181 Å². The number of anilines is 2. The van der Waals surface area contributed by atoms with Crippen molar-refractivity contribution in [1.29, 1.82) is 0 Å². The average Bonchev–Trinajstić information content (AvgIpc) is 3.47. The van der Waals surface area contributed by atoms with Gasteiger partial charge in [0, 0.05) is 23.9 Å². The SMILES string of the molecule is CCc1ccc(Cn2nccc2NC(=O)c2cccc(NC(=O)C3CCCO3)c2)cc1. The lowest BCUT2D eigenvalue weighted by Gasteiger charge is -2.12. The first-order valence-corrected chi connectivity index (χ1v) is 10.6. The van der Waals surface area contributed by atoms with Gasteiger partial charge in [-0.1, -0.05) is 37.3 Å². The summed E-state index contributed by atoms with van der Waals surface area (Å²) in [5, 5.41) is 10.1. The molecule has 160 valence electrons. The second kappa shape index (κ2) is 9.57. The lowest BCUT2D eigenvalue weighted by molar-refractivity contribution is -0.124. The normalized spacial score (nSPS) is 15.6. The van der Waals surface area contributed by atoms with Gasteiger partial charge in [-0.15, -0.1) is 0 Å². The van der Waals surface area contributed by atoms with E-state index < -0.39 is 6.10 Å². The maximum absolute atomic E-state index is 12.8. The molecule has 0 spiro atoms. The molecule has 31 heavy (non-hydrogen) atoms. The zero-order chi connectivity index (χ0) is 21.6. The van der Waals surface area contributed by atoms with Gasteiger partial charge in [0.2, 0.25) is 0 Å². The molecule has 2 amide bonds. The van der Waals surface area contributed by atoms with E-state index in [1.807, 2.05) is 0 Å². The molecule has 2 N–H and O–H groups in total. The summed E-state index contributed by atoms with van der Waals surface area (Å²) in [4.78, 5) is 25.1. The van der Waals surface area contributed by atoms with Crippen LogP contribution < -0.4 is 10.6 Å². The van der Waals surface area contributed by atoms with Gasteiger partial charge in [-0.25, -0.2) is 4.68 Å². The van der Waals surface area contributed by atoms with Gasteiger partial charge in [0.25, 0.3) is 11.8 Å². The minimum absolute atomic E-state index is 0.178. The van der Waals surface area contributed by atoms with Gasteiger partial charge >= 0.3 is 0 Å². The van der Waals surface area contributed by atoms with Crippen molar-refractivity contribution in [3.05, 3.63) is 77.5 Å². The van der Waals surface area contributed by atoms with Crippen molar-refractivity contribution in [3.8, 4) is 0 Å². The average molecular weight is 418 g/mol. The van der Waals surface area contributed by atoms with Gasteiger partial charge < -0.3 is 15.4 Å². The first kappa shape index (κ1) is 20.8. The summed E-state index contributed by atoms with van der Waals surface area (Å²) in [5.41, 5.74) is 3.40. The van der Waals surface area contributed by atoms with Crippen LogP contribution in [0.4, 0.5) is 11.5 Å². The van der Waals surface area contributed by atoms with E-state index in [-0.39, 0.29) is 11.8 Å². The Kier molecular flexibility index (Phi) is 6.43. The summed E-state index contributed by atoms with van der Waals surface area (Å²) in [6.45, 7) is 3.29. The topological polar surface area (TPSA) is 85.3 Å².